The summed E-state index contributed by atoms with van der Waals surface area (Å²) in [5.41, 5.74) is -2.74. The van der Waals surface area contributed by atoms with Crippen molar-refractivity contribution in [3.8, 4) is 0 Å². The maximum atomic E-state index is 13.5. The van der Waals surface area contributed by atoms with E-state index in [1.807, 2.05) is 5.32 Å². The van der Waals surface area contributed by atoms with Gasteiger partial charge in [-0.3, -0.25) is 14.9 Å². The van der Waals surface area contributed by atoms with Crippen molar-refractivity contribution in [1.82, 2.24) is 0 Å². The number of amides is 1. The first-order valence-corrected chi connectivity index (χ1v) is 7.91. The Labute approximate surface area is 151 Å². The van der Waals surface area contributed by atoms with Crippen LogP contribution in [-0.2, 0) is 11.0 Å². The number of nitro benzene ring substituents is 1. The minimum atomic E-state index is -4.78. The molecule has 2 rings (SSSR count). The Morgan fingerprint density at radius 2 is 1.78 bits per heavy atom. The number of benzene rings is 2. The minimum absolute atomic E-state index is 0.228. The second-order valence-corrected chi connectivity index (χ2v) is 6.01. The lowest BCUT2D eigenvalue weighted by molar-refractivity contribution is -0.388. The van der Waals surface area contributed by atoms with Crippen molar-refractivity contribution in [2.24, 2.45) is 0 Å². The number of nitrogens with zero attached hydrogens (tertiary/aromatic N) is 1. The zero-order valence-electron chi connectivity index (χ0n) is 12.9. The number of carbonyl (C=O) groups excluding carboxylic acids is 1. The Hall–Kier alpha value is -2.76. The molecule has 1 N–H and O–H groups in total. The number of halogens is 6. The monoisotopic (exact) mass is 410 g/mol. The van der Waals surface area contributed by atoms with Gasteiger partial charge in [0.15, 0.2) is 17.5 Å². The van der Waals surface area contributed by atoms with Gasteiger partial charge in [-0.15, -0.1) is 11.8 Å². The van der Waals surface area contributed by atoms with Crippen LogP contribution in [0.4, 0.5) is 37.7 Å². The number of rotatable bonds is 5. The van der Waals surface area contributed by atoms with E-state index in [9.17, 15) is 41.3 Å². The number of alkyl halides is 3. The van der Waals surface area contributed by atoms with Crippen LogP contribution in [0, 0.1) is 27.6 Å². The van der Waals surface area contributed by atoms with Crippen LogP contribution in [0.2, 0.25) is 0 Å². The largest absolute Gasteiger partial charge is 0.416 e. The van der Waals surface area contributed by atoms with Gasteiger partial charge in [-0.25, -0.2) is 13.2 Å². The lowest BCUT2D eigenvalue weighted by Crippen LogP contribution is -2.16. The Balaban J connectivity index is 2.13. The third-order valence-electron chi connectivity index (χ3n) is 3.15. The molecule has 0 heterocycles. The van der Waals surface area contributed by atoms with Gasteiger partial charge in [-0.05, 0) is 24.3 Å². The van der Waals surface area contributed by atoms with Gasteiger partial charge in [0.1, 0.15) is 0 Å². The third-order valence-corrected chi connectivity index (χ3v) is 4.21. The van der Waals surface area contributed by atoms with Gasteiger partial charge in [0.2, 0.25) is 5.91 Å². The molecule has 0 saturated heterocycles. The van der Waals surface area contributed by atoms with E-state index in [4.69, 9.17) is 0 Å². The van der Waals surface area contributed by atoms with E-state index in [0.717, 1.165) is 12.1 Å². The molecule has 0 spiro atoms. The molecule has 0 aliphatic carbocycles. The zero-order chi connectivity index (χ0) is 20.4. The van der Waals surface area contributed by atoms with Crippen LogP contribution < -0.4 is 5.32 Å². The molecule has 0 aliphatic rings. The molecule has 5 nitrogen and oxygen atoms in total. The molecule has 2 aromatic carbocycles. The number of anilines is 1. The smallest absolute Gasteiger partial charge is 0.323 e. The Morgan fingerprint density at radius 3 is 2.37 bits per heavy atom. The second-order valence-electron chi connectivity index (χ2n) is 5.00. The highest BCUT2D eigenvalue weighted by molar-refractivity contribution is 8.00. The molecule has 0 saturated carbocycles. The highest BCUT2D eigenvalue weighted by Gasteiger charge is 2.33. The van der Waals surface area contributed by atoms with Gasteiger partial charge in [0.05, 0.1) is 26.8 Å². The highest BCUT2D eigenvalue weighted by Crippen LogP contribution is 2.36. The summed E-state index contributed by atoms with van der Waals surface area (Å²) < 4.78 is 77.3. The molecule has 0 bridgehead atoms. The topological polar surface area (TPSA) is 72.2 Å². The average Bonchev–Trinajstić information content (AvgIpc) is 2.59. The van der Waals surface area contributed by atoms with E-state index in [-0.39, 0.29) is 4.90 Å². The second kappa shape index (κ2) is 7.86. The summed E-state index contributed by atoms with van der Waals surface area (Å²) in [5, 5.41) is 12.9. The fourth-order valence-corrected chi connectivity index (χ4v) is 2.71. The van der Waals surface area contributed by atoms with Crippen molar-refractivity contribution in [3.63, 3.8) is 0 Å². The lowest BCUT2D eigenvalue weighted by Gasteiger charge is -2.09. The summed E-state index contributed by atoms with van der Waals surface area (Å²) >= 11 is 0.524. The molecule has 0 atom stereocenters. The van der Waals surface area contributed by atoms with Crippen LogP contribution in [0.1, 0.15) is 5.56 Å². The van der Waals surface area contributed by atoms with Crippen LogP contribution in [0.15, 0.2) is 35.2 Å². The van der Waals surface area contributed by atoms with E-state index >= 15 is 0 Å². The van der Waals surface area contributed by atoms with Gasteiger partial charge in [0, 0.05) is 6.07 Å². The van der Waals surface area contributed by atoms with Gasteiger partial charge < -0.3 is 5.32 Å². The van der Waals surface area contributed by atoms with Crippen molar-refractivity contribution in [2.45, 2.75) is 11.1 Å². The quantitative estimate of drug-likeness (QED) is 0.254. The van der Waals surface area contributed by atoms with Gasteiger partial charge in [0.25, 0.3) is 5.69 Å². The van der Waals surface area contributed by atoms with Gasteiger partial charge >= 0.3 is 6.18 Å². The van der Waals surface area contributed by atoms with Crippen LogP contribution in [-0.4, -0.2) is 16.6 Å². The van der Waals surface area contributed by atoms with E-state index in [2.05, 4.69) is 0 Å². The molecule has 0 unspecified atom stereocenters. The third kappa shape index (κ3) is 4.90. The van der Waals surface area contributed by atoms with Gasteiger partial charge in [-0.1, -0.05) is 0 Å². The predicted molar refractivity (Wildman–Crippen MR) is 83.8 cm³/mol. The first-order chi connectivity index (χ1) is 12.5. The molecule has 0 aromatic heterocycles. The summed E-state index contributed by atoms with van der Waals surface area (Å²) in [7, 11) is 0. The SMILES string of the molecule is O=C(CSc1ccc(C(F)(F)F)cc1[N+](=O)[O-])Nc1ccc(F)c(F)c1F. The van der Waals surface area contributed by atoms with Crippen LogP contribution in [0.25, 0.3) is 0 Å². The summed E-state index contributed by atoms with van der Waals surface area (Å²) in [4.78, 5) is 21.5. The maximum absolute atomic E-state index is 13.5. The average molecular weight is 410 g/mol. The number of nitrogens with one attached hydrogen (secondary N) is 1. The van der Waals surface area contributed by atoms with Crippen LogP contribution in [0.5, 0.6) is 0 Å². The van der Waals surface area contributed by atoms with E-state index < -0.39 is 57.1 Å². The molecule has 27 heavy (non-hydrogen) atoms. The number of hydrogen-bond acceptors (Lipinski definition) is 4. The standard InChI is InChI=1S/C15H8F6N2O3S/c16-8-2-3-9(14(18)13(8)17)22-12(24)6-27-11-4-1-7(15(19,20)21)5-10(11)23(25)26/h1-5H,6H2,(H,22,24). The molecule has 144 valence electrons. The zero-order valence-corrected chi connectivity index (χ0v) is 13.8. The normalized spacial score (nSPS) is 11.3. The van der Waals surface area contributed by atoms with Crippen LogP contribution in [0.3, 0.4) is 0 Å². The van der Waals surface area contributed by atoms with Crippen molar-refractivity contribution in [1.29, 1.82) is 0 Å². The van der Waals surface area contributed by atoms with Crippen LogP contribution >= 0.6 is 11.8 Å². The van der Waals surface area contributed by atoms with Gasteiger partial charge in [-0.2, -0.15) is 13.2 Å². The summed E-state index contributed by atoms with van der Waals surface area (Å²) in [6.45, 7) is 0. The molecular weight excluding hydrogens is 402 g/mol. The molecule has 0 aliphatic heterocycles. The first kappa shape index (κ1) is 20.6. The first-order valence-electron chi connectivity index (χ1n) is 6.92. The van der Waals surface area contributed by atoms with E-state index in [1.165, 1.54) is 0 Å². The Kier molecular flexibility index (Phi) is 5.98. The number of hydrogen-bond donors (Lipinski definition) is 1. The lowest BCUT2D eigenvalue weighted by atomic mass is 10.2. The molecule has 2 aromatic rings. The number of carbonyl (C=O) groups is 1. The van der Waals surface area contributed by atoms with Crippen molar-refractivity contribution >= 4 is 29.0 Å². The fraction of sp³-hybridized carbons (Fsp3) is 0.133. The van der Waals surface area contributed by atoms with E-state index in [0.29, 0.717) is 30.0 Å². The summed E-state index contributed by atoms with van der Waals surface area (Å²) in [6, 6.07) is 3.13. The predicted octanol–water partition coefficient (Wildman–Crippen LogP) is 4.76. The Morgan fingerprint density at radius 1 is 1.11 bits per heavy atom. The summed E-state index contributed by atoms with van der Waals surface area (Å²) in [6.07, 6.45) is -4.78. The number of thioether (sulfide) groups is 1. The molecular formula is C15H8F6N2O3S. The maximum Gasteiger partial charge on any atom is 0.416 e. The Bertz CT molecular complexity index is 904. The number of nitro groups is 1. The minimum Gasteiger partial charge on any atom is -0.323 e. The van der Waals surface area contributed by atoms with E-state index in [1.54, 1.807) is 0 Å². The molecule has 1 amide bonds. The molecule has 12 heteroatoms. The summed E-state index contributed by atoms with van der Waals surface area (Å²) in [5.74, 6) is -6.36. The fourth-order valence-electron chi connectivity index (χ4n) is 1.91. The van der Waals surface area contributed by atoms with Crippen molar-refractivity contribution < 1.29 is 36.1 Å². The highest BCUT2D eigenvalue weighted by atomic mass is 32.2. The van der Waals surface area contributed by atoms with Crippen molar-refractivity contribution in [2.75, 3.05) is 11.1 Å². The van der Waals surface area contributed by atoms with Crippen molar-refractivity contribution in [3.05, 3.63) is 63.5 Å². The molecule has 0 fully saturated rings. The molecule has 0 radical (unpaired) electrons.